The van der Waals surface area contributed by atoms with Crippen LogP contribution in [-0.2, 0) is 6.42 Å². The zero-order chi connectivity index (χ0) is 12.3. The van der Waals surface area contributed by atoms with Crippen molar-refractivity contribution >= 4 is 15.9 Å². The van der Waals surface area contributed by atoms with E-state index >= 15 is 0 Å². The number of aromatic nitrogens is 2. The lowest BCUT2D eigenvalue weighted by Crippen LogP contribution is -2.12. The molecule has 17 heavy (non-hydrogen) atoms. The minimum atomic E-state index is 0.0844. The third kappa shape index (κ3) is 3.14. The maximum absolute atomic E-state index is 5.18. The summed E-state index contributed by atoms with van der Waals surface area (Å²) in [6, 6.07) is 8.18. The van der Waals surface area contributed by atoms with E-state index in [2.05, 4.69) is 31.4 Å². The first-order valence-corrected chi connectivity index (χ1v) is 6.22. The molecule has 1 atom stereocenters. The molecule has 0 fully saturated rings. The van der Waals surface area contributed by atoms with Gasteiger partial charge in [0.2, 0.25) is 5.89 Å². The number of rotatable bonds is 4. The number of hydrogen-bond donors (Lipinski definition) is 1. The first-order valence-electron chi connectivity index (χ1n) is 5.43. The van der Waals surface area contributed by atoms with Gasteiger partial charge in [-0.2, -0.15) is 4.98 Å². The van der Waals surface area contributed by atoms with Crippen LogP contribution in [0.15, 0.2) is 33.3 Å². The van der Waals surface area contributed by atoms with E-state index < -0.39 is 0 Å². The van der Waals surface area contributed by atoms with Gasteiger partial charge in [-0.05, 0) is 31.7 Å². The molecule has 0 aliphatic carbocycles. The largest absolute Gasteiger partial charge is 0.338 e. The van der Waals surface area contributed by atoms with Crippen molar-refractivity contribution in [2.45, 2.75) is 19.4 Å². The number of nitrogens with one attached hydrogen (secondary N) is 1. The van der Waals surface area contributed by atoms with Crippen molar-refractivity contribution in [1.82, 2.24) is 15.5 Å². The molecular weight excluding hydrogens is 282 g/mol. The molecule has 0 saturated heterocycles. The van der Waals surface area contributed by atoms with Crippen molar-refractivity contribution in [3.8, 4) is 0 Å². The fraction of sp³-hybridized carbons (Fsp3) is 0.333. The molecule has 0 amide bonds. The van der Waals surface area contributed by atoms with E-state index in [1.54, 1.807) is 0 Å². The standard InChI is InChI=1S/C12H14BrN3O/c1-8(14-2)12-15-11(16-17-12)7-9-3-5-10(13)6-4-9/h3-6,8,14H,7H2,1-2H3. The molecule has 0 bridgehead atoms. The van der Waals surface area contributed by atoms with E-state index in [1.807, 2.05) is 38.2 Å². The van der Waals surface area contributed by atoms with Gasteiger partial charge in [-0.3, -0.25) is 0 Å². The molecule has 5 heteroatoms. The molecule has 2 aromatic rings. The van der Waals surface area contributed by atoms with Crippen molar-refractivity contribution in [2.24, 2.45) is 0 Å². The van der Waals surface area contributed by atoms with E-state index in [0.29, 0.717) is 18.1 Å². The number of hydrogen-bond acceptors (Lipinski definition) is 4. The van der Waals surface area contributed by atoms with Crippen molar-refractivity contribution in [1.29, 1.82) is 0 Å². The van der Waals surface area contributed by atoms with Gasteiger partial charge in [-0.15, -0.1) is 0 Å². The third-order valence-electron chi connectivity index (χ3n) is 2.56. The first kappa shape index (κ1) is 12.3. The average Bonchev–Trinajstić information content (AvgIpc) is 2.80. The van der Waals surface area contributed by atoms with Gasteiger partial charge in [0.05, 0.1) is 6.04 Å². The van der Waals surface area contributed by atoms with Crippen molar-refractivity contribution in [2.75, 3.05) is 7.05 Å². The van der Waals surface area contributed by atoms with E-state index in [-0.39, 0.29) is 6.04 Å². The van der Waals surface area contributed by atoms with Crippen LogP contribution in [0.2, 0.25) is 0 Å². The molecule has 0 aliphatic rings. The van der Waals surface area contributed by atoms with Crippen molar-refractivity contribution in [3.05, 3.63) is 46.0 Å². The molecule has 0 spiro atoms. The van der Waals surface area contributed by atoms with Crippen LogP contribution in [0.5, 0.6) is 0 Å². The van der Waals surface area contributed by atoms with Gasteiger partial charge in [0.25, 0.3) is 0 Å². The van der Waals surface area contributed by atoms with Crippen LogP contribution in [0, 0.1) is 0 Å². The first-order chi connectivity index (χ1) is 8.19. The van der Waals surface area contributed by atoms with Crippen molar-refractivity contribution in [3.63, 3.8) is 0 Å². The normalized spacial score (nSPS) is 12.6. The fourth-order valence-electron chi connectivity index (χ4n) is 1.42. The van der Waals surface area contributed by atoms with E-state index in [4.69, 9.17) is 4.52 Å². The SMILES string of the molecule is CNC(C)c1nc(Cc2ccc(Br)cc2)no1. The highest BCUT2D eigenvalue weighted by atomic mass is 79.9. The summed E-state index contributed by atoms with van der Waals surface area (Å²) < 4.78 is 6.25. The molecule has 90 valence electrons. The monoisotopic (exact) mass is 295 g/mol. The summed E-state index contributed by atoms with van der Waals surface area (Å²) in [5.74, 6) is 1.34. The van der Waals surface area contributed by atoms with E-state index in [1.165, 1.54) is 0 Å². The Kier molecular flexibility index (Phi) is 3.91. The van der Waals surface area contributed by atoms with Crippen LogP contribution in [0.3, 0.4) is 0 Å². The lowest BCUT2D eigenvalue weighted by Gasteiger charge is -2.01. The van der Waals surface area contributed by atoms with Crippen LogP contribution in [0.25, 0.3) is 0 Å². The predicted octanol–water partition coefficient (Wildman–Crippen LogP) is 2.70. The zero-order valence-corrected chi connectivity index (χ0v) is 11.4. The Hall–Kier alpha value is -1.20. The topological polar surface area (TPSA) is 51.0 Å². The van der Waals surface area contributed by atoms with E-state index in [9.17, 15) is 0 Å². The minimum absolute atomic E-state index is 0.0844. The van der Waals surface area contributed by atoms with Crippen LogP contribution in [0.4, 0.5) is 0 Å². The molecule has 0 aliphatic heterocycles. The maximum atomic E-state index is 5.18. The molecule has 1 heterocycles. The Labute approximate surface area is 109 Å². The Morgan fingerprint density at radius 3 is 2.71 bits per heavy atom. The molecule has 0 saturated carbocycles. The Morgan fingerprint density at radius 2 is 2.06 bits per heavy atom. The van der Waals surface area contributed by atoms with Gasteiger partial charge in [-0.1, -0.05) is 33.2 Å². The van der Waals surface area contributed by atoms with Gasteiger partial charge in [0.1, 0.15) is 0 Å². The van der Waals surface area contributed by atoms with Gasteiger partial charge < -0.3 is 9.84 Å². The fourth-order valence-corrected chi connectivity index (χ4v) is 1.69. The molecule has 2 rings (SSSR count). The smallest absolute Gasteiger partial charge is 0.243 e. The number of nitrogens with zero attached hydrogens (tertiary/aromatic N) is 2. The number of benzene rings is 1. The Balaban J connectivity index is 2.08. The third-order valence-corrected chi connectivity index (χ3v) is 3.09. The predicted molar refractivity (Wildman–Crippen MR) is 68.7 cm³/mol. The average molecular weight is 296 g/mol. The van der Waals surface area contributed by atoms with Gasteiger partial charge in [0, 0.05) is 10.9 Å². The van der Waals surface area contributed by atoms with Crippen LogP contribution < -0.4 is 5.32 Å². The number of halogens is 1. The van der Waals surface area contributed by atoms with Gasteiger partial charge >= 0.3 is 0 Å². The summed E-state index contributed by atoms with van der Waals surface area (Å²) in [4.78, 5) is 4.35. The quantitative estimate of drug-likeness (QED) is 0.942. The zero-order valence-electron chi connectivity index (χ0n) is 9.77. The van der Waals surface area contributed by atoms with Gasteiger partial charge in [0.15, 0.2) is 5.82 Å². The molecule has 1 unspecified atom stereocenters. The molecule has 0 radical (unpaired) electrons. The minimum Gasteiger partial charge on any atom is -0.338 e. The lowest BCUT2D eigenvalue weighted by atomic mass is 10.1. The Bertz CT molecular complexity index is 481. The summed E-state index contributed by atoms with van der Waals surface area (Å²) in [6.45, 7) is 1.98. The second-order valence-electron chi connectivity index (χ2n) is 3.86. The van der Waals surface area contributed by atoms with Crippen LogP contribution in [0.1, 0.15) is 30.2 Å². The molecule has 1 N–H and O–H groups in total. The highest BCUT2D eigenvalue weighted by Crippen LogP contribution is 2.14. The highest BCUT2D eigenvalue weighted by molar-refractivity contribution is 9.10. The van der Waals surface area contributed by atoms with Crippen LogP contribution >= 0.6 is 15.9 Å². The van der Waals surface area contributed by atoms with Crippen molar-refractivity contribution < 1.29 is 4.52 Å². The molecule has 4 nitrogen and oxygen atoms in total. The summed E-state index contributed by atoms with van der Waals surface area (Å²) >= 11 is 3.41. The second kappa shape index (κ2) is 5.42. The lowest BCUT2D eigenvalue weighted by molar-refractivity contribution is 0.344. The molecular formula is C12H14BrN3O. The Morgan fingerprint density at radius 1 is 1.35 bits per heavy atom. The summed E-state index contributed by atoms with van der Waals surface area (Å²) in [7, 11) is 1.86. The molecule has 1 aromatic carbocycles. The second-order valence-corrected chi connectivity index (χ2v) is 4.78. The van der Waals surface area contributed by atoms with Gasteiger partial charge in [-0.25, -0.2) is 0 Å². The summed E-state index contributed by atoms with van der Waals surface area (Å²) in [6.07, 6.45) is 0.688. The van der Waals surface area contributed by atoms with Crippen LogP contribution in [-0.4, -0.2) is 17.2 Å². The summed E-state index contributed by atoms with van der Waals surface area (Å²) in [5.41, 5.74) is 1.16. The maximum Gasteiger partial charge on any atom is 0.243 e. The highest BCUT2D eigenvalue weighted by Gasteiger charge is 2.12. The molecule has 1 aromatic heterocycles. The van der Waals surface area contributed by atoms with E-state index in [0.717, 1.165) is 10.0 Å². The summed E-state index contributed by atoms with van der Waals surface area (Å²) in [5, 5.41) is 7.03.